The second-order valence-corrected chi connectivity index (χ2v) is 6.13. The lowest BCUT2D eigenvalue weighted by molar-refractivity contribution is -0.116. The average molecular weight is 248 g/mol. The maximum absolute atomic E-state index is 11.9. The molecule has 0 aromatic heterocycles. The van der Waals surface area contributed by atoms with Gasteiger partial charge in [0, 0.05) is 17.8 Å². The van der Waals surface area contributed by atoms with Gasteiger partial charge in [-0.1, -0.05) is 20.8 Å². The Labute approximate surface area is 110 Å². The number of carbonyl (C=O) groups is 1. The summed E-state index contributed by atoms with van der Waals surface area (Å²) in [4.78, 5) is 11.9. The molecule has 0 aliphatic rings. The van der Waals surface area contributed by atoms with Crippen LogP contribution in [0.25, 0.3) is 0 Å². The quantitative estimate of drug-likeness (QED) is 0.802. The van der Waals surface area contributed by atoms with Gasteiger partial charge >= 0.3 is 0 Å². The first-order chi connectivity index (χ1) is 8.19. The van der Waals surface area contributed by atoms with Crippen LogP contribution in [-0.2, 0) is 4.79 Å². The topological polar surface area (TPSA) is 55.1 Å². The van der Waals surface area contributed by atoms with Crippen molar-refractivity contribution in [3.05, 3.63) is 23.3 Å². The van der Waals surface area contributed by atoms with Crippen LogP contribution in [0.3, 0.4) is 0 Å². The summed E-state index contributed by atoms with van der Waals surface area (Å²) in [5, 5.41) is 2.96. The summed E-state index contributed by atoms with van der Waals surface area (Å²) < 4.78 is 0. The average Bonchev–Trinajstić information content (AvgIpc) is 2.22. The van der Waals surface area contributed by atoms with E-state index in [0.717, 1.165) is 28.9 Å². The van der Waals surface area contributed by atoms with Crippen LogP contribution in [-0.4, -0.2) is 5.91 Å². The molecule has 0 unspecified atom stereocenters. The number of benzene rings is 1. The third kappa shape index (κ3) is 4.40. The number of hydrogen-bond donors (Lipinski definition) is 2. The maximum Gasteiger partial charge on any atom is 0.224 e. The normalized spacial score (nSPS) is 11.4. The molecule has 0 fully saturated rings. The van der Waals surface area contributed by atoms with Gasteiger partial charge in [0.25, 0.3) is 0 Å². The molecule has 1 aromatic rings. The number of hydrogen-bond acceptors (Lipinski definition) is 2. The molecule has 3 heteroatoms. The Morgan fingerprint density at radius 2 is 1.83 bits per heavy atom. The molecule has 0 radical (unpaired) electrons. The second kappa shape index (κ2) is 5.42. The zero-order valence-electron chi connectivity index (χ0n) is 12.1. The summed E-state index contributed by atoms with van der Waals surface area (Å²) in [5.74, 6) is 0.0668. The lowest BCUT2D eigenvalue weighted by Crippen LogP contribution is -2.16. The Hall–Kier alpha value is -1.51. The van der Waals surface area contributed by atoms with Crippen molar-refractivity contribution in [2.24, 2.45) is 5.41 Å². The molecule has 0 aliphatic carbocycles. The van der Waals surface area contributed by atoms with Crippen LogP contribution in [0.4, 0.5) is 11.4 Å². The lowest BCUT2D eigenvalue weighted by Gasteiger charge is -2.18. The Balaban J connectivity index is 2.68. The highest BCUT2D eigenvalue weighted by atomic mass is 16.1. The Morgan fingerprint density at radius 3 is 2.39 bits per heavy atom. The molecule has 1 aromatic carbocycles. The van der Waals surface area contributed by atoms with Crippen LogP contribution in [0.1, 0.15) is 44.7 Å². The number of rotatable bonds is 3. The number of nitrogens with one attached hydrogen (secondary N) is 1. The SMILES string of the molecule is Cc1cc(NC(=O)CCC(C)(C)C)c(C)cc1N. The second-order valence-electron chi connectivity index (χ2n) is 6.13. The van der Waals surface area contributed by atoms with Crippen molar-refractivity contribution in [2.75, 3.05) is 11.1 Å². The van der Waals surface area contributed by atoms with Gasteiger partial charge in [0.15, 0.2) is 0 Å². The van der Waals surface area contributed by atoms with Gasteiger partial charge in [0.05, 0.1) is 0 Å². The lowest BCUT2D eigenvalue weighted by atomic mass is 9.90. The first-order valence-corrected chi connectivity index (χ1v) is 6.35. The largest absolute Gasteiger partial charge is 0.399 e. The first kappa shape index (κ1) is 14.6. The van der Waals surface area contributed by atoms with Crippen LogP contribution >= 0.6 is 0 Å². The molecular formula is C15H24N2O. The van der Waals surface area contributed by atoms with E-state index in [1.807, 2.05) is 26.0 Å². The van der Waals surface area contributed by atoms with Gasteiger partial charge in [-0.3, -0.25) is 4.79 Å². The highest BCUT2D eigenvalue weighted by Crippen LogP contribution is 2.24. The number of carbonyl (C=O) groups excluding carboxylic acids is 1. The Bertz CT molecular complexity index is 445. The molecule has 0 saturated heterocycles. The van der Waals surface area contributed by atoms with Crippen molar-refractivity contribution in [2.45, 2.75) is 47.5 Å². The highest BCUT2D eigenvalue weighted by Gasteiger charge is 2.13. The molecule has 0 saturated carbocycles. The number of amides is 1. The molecule has 3 N–H and O–H groups in total. The number of aryl methyl sites for hydroxylation is 2. The van der Waals surface area contributed by atoms with Crippen LogP contribution in [0, 0.1) is 19.3 Å². The summed E-state index contributed by atoms with van der Waals surface area (Å²) in [6, 6.07) is 3.83. The van der Waals surface area contributed by atoms with Gasteiger partial charge in [-0.2, -0.15) is 0 Å². The molecule has 100 valence electrons. The van der Waals surface area contributed by atoms with E-state index in [1.165, 1.54) is 0 Å². The third-order valence-electron chi connectivity index (χ3n) is 2.99. The molecule has 18 heavy (non-hydrogen) atoms. The fourth-order valence-electron chi connectivity index (χ4n) is 1.67. The summed E-state index contributed by atoms with van der Waals surface area (Å²) in [6.45, 7) is 10.3. The molecule has 1 amide bonds. The third-order valence-corrected chi connectivity index (χ3v) is 2.99. The summed E-state index contributed by atoms with van der Waals surface area (Å²) >= 11 is 0. The molecule has 0 atom stereocenters. The van der Waals surface area contributed by atoms with E-state index in [2.05, 4.69) is 26.1 Å². The van der Waals surface area contributed by atoms with Crippen molar-refractivity contribution in [3.8, 4) is 0 Å². The molecule has 0 bridgehead atoms. The minimum Gasteiger partial charge on any atom is -0.399 e. The van der Waals surface area contributed by atoms with E-state index in [0.29, 0.717) is 6.42 Å². The standard InChI is InChI=1S/C15H24N2O/c1-10-9-13(11(2)8-12(10)16)17-14(18)6-7-15(3,4)5/h8-9H,6-7,16H2,1-5H3,(H,17,18). The summed E-state index contributed by atoms with van der Waals surface area (Å²) in [7, 11) is 0. The molecule has 3 nitrogen and oxygen atoms in total. The van der Waals surface area contributed by atoms with E-state index in [4.69, 9.17) is 5.73 Å². The van der Waals surface area contributed by atoms with Gasteiger partial charge in [0.1, 0.15) is 0 Å². The molecule has 0 spiro atoms. The van der Waals surface area contributed by atoms with Crippen molar-refractivity contribution in [1.29, 1.82) is 0 Å². The van der Waals surface area contributed by atoms with Gasteiger partial charge in [0.2, 0.25) is 5.91 Å². The fraction of sp³-hybridized carbons (Fsp3) is 0.533. The molecule has 0 aliphatic heterocycles. The van der Waals surface area contributed by atoms with Crippen molar-refractivity contribution in [1.82, 2.24) is 0 Å². The number of nitrogens with two attached hydrogens (primary N) is 1. The zero-order chi connectivity index (χ0) is 13.9. The number of anilines is 2. The fourth-order valence-corrected chi connectivity index (χ4v) is 1.67. The maximum atomic E-state index is 11.9. The van der Waals surface area contributed by atoms with Crippen LogP contribution < -0.4 is 11.1 Å². The summed E-state index contributed by atoms with van der Waals surface area (Å²) in [6.07, 6.45) is 1.43. The minimum absolute atomic E-state index is 0.0668. The first-order valence-electron chi connectivity index (χ1n) is 6.35. The molecule has 1 rings (SSSR count). The predicted molar refractivity (Wildman–Crippen MR) is 77.6 cm³/mol. The molecular weight excluding hydrogens is 224 g/mol. The predicted octanol–water partition coefficient (Wildman–Crippen LogP) is 3.65. The van der Waals surface area contributed by atoms with Gasteiger partial charge in [-0.25, -0.2) is 0 Å². The van der Waals surface area contributed by atoms with Gasteiger partial charge in [-0.15, -0.1) is 0 Å². The van der Waals surface area contributed by atoms with Gasteiger partial charge < -0.3 is 11.1 Å². The van der Waals surface area contributed by atoms with E-state index in [9.17, 15) is 4.79 Å². The van der Waals surface area contributed by atoms with E-state index in [-0.39, 0.29) is 11.3 Å². The number of nitrogen functional groups attached to an aromatic ring is 1. The Kier molecular flexibility index (Phi) is 4.38. The van der Waals surface area contributed by atoms with E-state index >= 15 is 0 Å². The van der Waals surface area contributed by atoms with Crippen molar-refractivity contribution in [3.63, 3.8) is 0 Å². The van der Waals surface area contributed by atoms with Crippen LogP contribution in [0.15, 0.2) is 12.1 Å². The van der Waals surface area contributed by atoms with Crippen molar-refractivity contribution >= 4 is 17.3 Å². The minimum atomic E-state index is 0.0668. The van der Waals surface area contributed by atoms with E-state index < -0.39 is 0 Å². The molecule has 0 heterocycles. The van der Waals surface area contributed by atoms with Crippen molar-refractivity contribution < 1.29 is 4.79 Å². The van der Waals surface area contributed by atoms with E-state index in [1.54, 1.807) is 0 Å². The Morgan fingerprint density at radius 1 is 1.22 bits per heavy atom. The zero-order valence-corrected chi connectivity index (χ0v) is 12.1. The van der Waals surface area contributed by atoms with Crippen LogP contribution in [0.5, 0.6) is 0 Å². The van der Waals surface area contributed by atoms with Gasteiger partial charge in [-0.05, 0) is 48.9 Å². The smallest absolute Gasteiger partial charge is 0.224 e. The monoisotopic (exact) mass is 248 g/mol. The highest BCUT2D eigenvalue weighted by molar-refractivity contribution is 5.92. The van der Waals surface area contributed by atoms with Crippen LogP contribution in [0.2, 0.25) is 0 Å². The summed E-state index contributed by atoms with van der Waals surface area (Å²) in [5.41, 5.74) is 9.63.